The minimum absolute atomic E-state index is 0.510. The minimum atomic E-state index is 0.510. The standard InChI is InChI=1S/C16H29N3/c17-15(18-14-6-2-1-3-7-14)19-12-10-16(11-13-19)8-4-5-9-16/h14H,1-13H2,(H2,17,18). The second-order valence-corrected chi connectivity index (χ2v) is 6.97. The van der Waals surface area contributed by atoms with Gasteiger partial charge in [-0.1, -0.05) is 32.1 Å². The molecule has 0 radical (unpaired) electrons. The molecular weight excluding hydrogens is 234 g/mol. The van der Waals surface area contributed by atoms with Gasteiger partial charge in [0.25, 0.3) is 0 Å². The van der Waals surface area contributed by atoms with E-state index >= 15 is 0 Å². The van der Waals surface area contributed by atoms with Crippen LogP contribution in [0.5, 0.6) is 0 Å². The van der Waals surface area contributed by atoms with Gasteiger partial charge in [-0.05, 0) is 43.9 Å². The lowest BCUT2D eigenvalue weighted by Crippen LogP contribution is -2.46. The van der Waals surface area contributed by atoms with Gasteiger partial charge in [0.15, 0.2) is 5.96 Å². The maximum Gasteiger partial charge on any atom is 0.191 e. The van der Waals surface area contributed by atoms with Crippen LogP contribution in [0.15, 0.2) is 4.99 Å². The zero-order valence-electron chi connectivity index (χ0n) is 12.2. The zero-order valence-corrected chi connectivity index (χ0v) is 12.2. The first-order valence-electron chi connectivity index (χ1n) is 8.36. The molecule has 0 aromatic rings. The van der Waals surface area contributed by atoms with Crippen molar-refractivity contribution in [3.05, 3.63) is 0 Å². The predicted molar refractivity (Wildman–Crippen MR) is 80.2 cm³/mol. The van der Waals surface area contributed by atoms with Crippen molar-refractivity contribution in [1.29, 1.82) is 0 Å². The van der Waals surface area contributed by atoms with Gasteiger partial charge in [0.2, 0.25) is 0 Å². The highest BCUT2D eigenvalue weighted by Gasteiger charge is 2.37. The topological polar surface area (TPSA) is 41.6 Å². The van der Waals surface area contributed by atoms with Gasteiger partial charge in [-0.3, -0.25) is 0 Å². The summed E-state index contributed by atoms with van der Waals surface area (Å²) >= 11 is 0. The highest BCUT2D eigenvalue weighted by atomic mass is 15.3. The Morgan fingerprint density at radius 3 is 2.16 bits per heavy atom. The Hall–Kier alpha value is -0.730. The van der Waals surface area contributed by atoms with Crippen LogP contribution in [-0.4, -0.2) is 30.0 Å². The van der Waals surface area contributed by atoms with Crippen molar-refractivity contribution in [2.75, 3.05) is 13.1 Å². The van der Waals surface area contributed by atoms with Crippen LogP contribution in [0, 0.1) is 5.41 Å². The maximum atomic E-state index is 6.24. The third-order valence-corrected chi connectivity index (χ3v) is 5.70. The average Bonchev–Trinajstić information content (AvgIpc) is 2.89. The van der Waals surface area contributed by atoms with Crippen LogP contribution in [0.2, 0.25) is 0 Å². The number of aliphatic imine (C=N–C) groups is 1. The summed E-state index contributed by atoms with van der Waals surface area (Å²) in [4.78, 5) is 7.14. The molecule has 1 aliphatic heterocycles. The quantitative estimate of drug-likeness (QED) is 0.582. The van der Waals surface area contributed by atoms with Crippen molar-refractivity contribution in [1.82, 2.24) is 4.90 Å². The molecule has 0 amide bonds. The maximum absolute atomic E-state index is 6.24. The Morgan fingerprint density at radius 2 is 1.53 bits per heavy atom. The molecule has 1 spiro atoms. The van der Waals surface area contributed by atoms with Crippen molar-refractivity contribution >= 4 is 5.96 Å². The van der Waals surface area contributed by atoms with E-state index in [4.69, 9.17) is 10.7 Å². The molecule has 0 bridgehead atoms. The van der Waals surface area contributed by atoms with Crippen LogP contribution in [-0.2, 0) is 0 Å². The largest absolute Gasteiger partial charge is 0.370 e. The van der Waals surface area contributed by atoms with E-state index in [2.05, 4.69) is 4.90 Å². The van der Waals surface area contributed by atoms with Gasteiger partial charge in [-0.25, -0.2) is 4.99 Å². The van der Waals surface area contributed by atoms with E-state index in [1.807, 2.05) is 0 Å². The summed E-state index contributed by atoms with van der Waals surface area (Å²) in [5.74, 6) is 0.833. The van der Waals surface area contributed by atoms with Crippen LogP contribution in [0.3, 0.4) is 0 Å². The van der Waals surface area contributed by atoms with E-state index in [1.54, 1.807) is 0 Å². The zero-order chi connectivity index (χ0) is 13.1. The number of guanidine groups is 1. The molecule has 0 aromatic heterocycles. The lowest BCUT2D eigenvalue weighted by molar-refractivity contribution is 0.152. The fourth-order valence-corrected chi connectivity index (χ4v) is 4.31. The van der Waals surface area contributed by atoms with Gasteiger partial charge in [-0.2, -0.15) is 0 Å². The Labute approximate surface area is 117 Å². The molecule has 3 rings (SSSR count). The molecule has 2 aliphatic carbocycles. The molecule has 1 heterocycles. The summed E-state index contributed by atoms with van der Waals surface area (Å²) in [5, 5.41) is 0. The number of hydrogen-bond donors (Lipinski definition) is 1. The lowest BCUT2D eigenvalue weighted by Gasteiger charge is -2.40. The molecule has 3 fully saturated rings. The van der Waals surface area contributed by atoms with Crippen molar-refractivity contribution in [2.45, 2.75) is 76.7 Å². The fourth-order valence-electron chi connectivity index (χ4n) is 4.31. The molecule has 108 valence electrons. The molecule has 0 unspecified atom stereocenters. The number of nitrogens with zero attached hydrogens (tertiary/aromatic N) is 2. The summed E-state index contributed by atoms with van der Waals surface area (Å²) in [7, 11) is 0. The van der Waals surface area contributed by atoms with Gasteiger partial charge >= 0.3 is 0 Å². The number of piperidine rings is 1. The molecule has 2 saturated carbocycles. The molecule has 0 atom stereocenters. The number of hydrogen-bond acceptors (Lipinski definition) is 1. The molecular formula is C16H29N3. The predicted octanol–water partition coefficient (Wildman–Crippen LogP) is 3.29. The van der Waals surface area contributed by atoms with E-state index in [1.165, 1.54) is 70.6 Å². The molecule has 0 aromatic carbocycles. The van der Waals surface area contributed by atoms with E-state index in [-0.39, 0.29) is 0 Å². The van der Waals surface area contributed by atoms with Crippen LogP contribution < -0.4 is 5.73 Å². The van der Waals surface area contributed by atoms with Crippen LogP contribution in [0.4, 0.5) is 0 Å². The monoisotopic (exact) mass is 263 g/mol. The highest BCUT2D eigenvalue weighted by Crippen LogP contribution is 2.46. The highest BCUT2D eigenvalue weighted by molar-refractivity contribution is 5.78. The first-order valence-corrected chi connectivity index (χ1v) is 8.36. The number of likely N-dealkylation sites (tertiary alicyclic amines) is 1. The second kappa shape index (κ2) is 5.72. The SMILES string of the molecule is NC(=NC1CCCCC1)N1CCC2(CCCC2)CC1. The van der Waals surface area contributed by atoms with Crippen LogP contribution >= 0.6 is 0 Å². The normalized spacial score (nSPS) is 29.1. The van der Waals surface area contributed by atoms with Crippen molar-refractivity contribution in [2.24, 2.45) is 16.1 Å². The molecule has 19 heavy (non-hydrogen) atoms. The molecule has 3 heteroatoms. The Balaban J connectivity index is 1.53. The van der Waals surface area contributed by atoms with Crippen LogP contribution in [0.25, 0.3) is 0 Å². The summed E-state index contributed by atoms with van der Waals surface area (Å²) in [5.41, 5.74) is 6.92. The summed E-state index contributed by atoms with van der Waals surface area (Å²) < 4.78 is 0. The smallest absolute Gasteiger partial charge is 0.191 e. The molecule has 2 N–H and O–H groups in total. The summed E-state index contributed by atoms with van der Waals surface area (Å²) in [6.45, 7) is 2.28. The number of nitrogens with two attached hydrogens (primary N) is 1. The lowest BCUT2D eigenvalue weighted by atomic mass is 9.77. The number of rotatable bonds is 1. The van der Waals surface area contributed by atoms with E-state index in [0.717, 1.165) is 19.0 Å². The van der Waals surface area contributed by atoms with E-state index < -0.39 is 0 Å². The third kappa shape index (κ3) is 3.06. The Bertz CT molecular complexity index is 315. The second-order valence-electron chi connectivity index (χ2n) is 6.97. The molecule has 1 saturated heterocycles. The minimum Gasteiger partial charge on any atom is -0.370 e. The molecule has 3 nitrogen and oxygen atoms in total. The third-order valence-electron chi connectivity index (χ3n) is 5.70. The van der Waals surface area contributed by atoms with E-state index in [0.29, 0.717) is 11.5 Å². The van der Waals surface area contributed by atoms with Gasteiger partial charge in [0.1, 0.15) is 0 Å². The summed E-state index contributed by atoms with van der Waals surface area (Å²) in [6.07, 6.45) is 15.1. The van der Waals surface area contributed by atoms with E-state index in [9.17, 15) is 0 Å². The van der Waals surface area contributed by atoms with Crippen LogP contribution in [0.1, 0.15) is 70.6 Å². The van der Waals surface area contributed by atoms with Crippen molar-refractivity contribution < 1.29 is 0 Å². The Morgan fingerprint density at radius 1 is 0.895 bits per heavy atom. The summed E-state index contributed by atoms with van der Waals surface area (Å²) in [6, 6.07) is 0.510. The molecule has 3 aliphatic rings. The van der Waals surface area contributed by atoms with Crippen molar-refractivity contribution in [3.63, 3.8) is 0 Å². The van der Waals surface area contributed by atoms with Gasteiger partial charge < -0.3 is 10.6 Å². The fraction of sp³-hybridized carbons (Fsp3) is 0.938. The Kier molecular flexibility index (Phi) is 3.99. The van der Waals surface area contributed by atoms with Gasteiger partial charge in [0.05, 0.1) is 6.04 Å². The first-order chi connectivity index (χ1) is 9.27. The van der Waals surface area contributed by atoms with Gasteiger partial charge in [-0.15, -0.1) is 0 Å². The average molecular weight is 263 g/mol. The van der Waals surface area contributed by atoms with Gasteiger partial charge in [0, 0.05) is 13.1 Å². The first kappa shape index (κ1) is 13.3. The van der Waals surface area contributed by atoms with Crippen molar-refractivity contribution in [3.8, 4) is 0 Å².